The smallest absolute Gasteiger partial charge is 0.371 e. The fraction of sp³-hybridized carbons (Fsp3) is 0.294. The van der Waals surface area contributed by atoms with Gasteiger partial charge in [0.15, 0.2) is 0 Å². The number of benzene rings is 1. The topological polar surface area (TPSA) is 87.7 Å². The lowest BCUT2D eigenvalue weighted by molar-refractivity contribution is -0.139. The molecule has 0 aliphatic rings. The van der Waals surface area contributed by atoms with E-state index in [2.05, 4.69) is 0 Å². The Kier molecular flexibility index (Phi) is 4.35. The Bertz CT molecular complexity index is 703. The molecule has 1 unspecified atom stereocenters. The maximum Gasteiger partial charge on any atom is 0.371 e. The molecule has 0 saturated carbocycles. The average Bonchev–Trinajstić information content (AvgIpc) is 2.86. The van der Waals surface area contributed by atoms with E-state index >= 15 is 0 Å². The first-order valence-corrected chi connectivity index (χ1v) is 6.92. The van der Waals surface area contributed by atoms with E-state index in [1.165, 1.54) is 12.1 Å². The second-order valence-corrected chi connectivity index (χ2v) is 5.48. The van der Waals surface area contributed by atoms with Crippen LogP contribution in [-0.4, -0.2) is 22.2 Å². The van der Waals surface area contributed by atoms with Crippen LogP contribution in [0.4, 0.5) is 0 Å². The molecule has 0 saturated heterocycles. The molecule has 22 heavy (non-hydrogen) atoms. The minimum absolute atomic E-state index is 0.157. The van der Waals surface area contributed by atoms with Gasteiger partial charge < -0.3 is 14.6 Å². The normalized spacial score (nSPS) is 12.1. The predicted molar refractivity (Wildman–Crippen MR) is 80.4 cm³/mol. The molecule has 0 bridgehead atoms. The molecule has 1 aromatic carbocycles. The third kappa shape index (κ3) is 3.19. The van der Waals surface area contributed by atoms with E-state index in [0.29, 0.717) is 0 Å². The Morgan fingerprint density at radius 1 is 1.09 bits per heavy atom. The van der Waals surface area contributed by atoms with E-state index in [4.69, 9.17) is 9.52 Å². The van der Waals surface area contributed by atoms with Crippen molar-refractivity contribution < 1.29 is 24.2 Å². The summed E-state index contributed by atoms with van der Waals surface area (Å²) in [4.78, 5) is 22.4. The standard InChI is InChI=1S/C17H18O5/c1-9-6-10(2)12(11(3)7-9)8-13(16(18)19)14-4-5-15(22-14)17(20)21/h4-7,13H,8H2,1-3H3,(H,18,19)(H,20,21). The lowest BCUT2D eigenvalue weighted by Gasteiger charge is -2.15. The van der Waals surface area contributed by atoms with Crippen molar-refractivity contribution in [3.63, 3.8) is 0 Å². The van der Waals surface area contributed by atoms with Crippen molar-refractivity contribution in [3.8, 4) is 0 Å². The molecule has 0 radical (unpaired) electrons. The summed E-state index contributed by atoms with van der Waals surface area (Å²) in [7, 11) is 0. The Balaban J connectivity index is 2.37. The average molecular weight is 302 g/mol. The van der Waals surface area contributed by atoms with Crippen molar-refractivity contribution in [1.29, 1.82) is 0 Å². The number of carbonyl (C=O) groups is 2. The molecular formula is C17H18O5. The molecule has 2 N–H and O–H groups in total. The quantitative estimate of drug-likeness (QED) is 0.884. The van der Waals surface area contributed by atoms with Gasteiger partial charge in [0.2, 0.25) is 5.76 Å². The van der Waals surface area contributed by atoms with Crippen LogP contribution < -0.4 is 0 Å². The Morgan fingerprint density at radius 2 is 1.68 bits per heavy atom. The SMILES string of the molecule is Cc1cc(C)c(CC(C(=O)O)c2ccc(C(=O)O)o2)c(C)c1. The van der Waals surface area contributed by atoms with Crippen LogP contribution >= 0.6 is 0 Å². The zero-order chi connectivity index (χ0) is 16.4. The lowest BCUT2D eigenvalue weighted by Crippen LogP contribution is -2.15. The van der Waals surface area contributed by atoms with Gasteiger partial charge in [-0.05, 0) is 56.0 Å². The predicted octanol–water partition coefficient (Wildman–Crippen LogP) is 3.31. The first-order valence-electron chi connectivity index (χ1n) is 6.92. The highest BCUT2D eigenvalue weighted by Gasteiger charge is 2.26. The summed E-state index contributed by atoms with van der Waals surface area (Å²) in [6.45, 7) is 5.88. The van der Waals surface area contributed by atoms with E-state index in [-0.39, 0.29) is 17.9 Å². The summed E-state index contributed by atoms with van der Waals surface area (Å²) >= 11 is 0. The van der Waals surface area contributed by atoms with Gasteiger partial charge >= 0.3 is 11.9 Å². The molecule has 0 aliphatic heterocycles. The zero-order valence-corrected chi connectivity index (χ0v) is 12.7. The first kappa shape index (κ1) is 15.8. The van der Waals surface area contributed by atoms with E-state index in [0.717, 1.165) is 22.3 Å². The lowest BCUT2D eigenvalue weighted by atomic mass is 9.90. The van der Waals surface area contributed by atoms with Crippen molar-refractivity contribution in [2.75, 3.05) is 0 Å². The maximum absolute atomic E-state index is 11.6. The van der Waals surface area contributed by atoms with Gasteiger partial charge in [-0.2, -0.15) is 0 Å². The summed E-state index contributed by atoms with van der Waals surface area (Å²) < 4.78 is 5.16. The highest BCUT2D eigenvalue weighted by Crippen LogP contribution is 2.27. The van der Waals surface area contributed by atoms with Gasteiger partial charge in [-0.3, -0.25) is 4.79 Å². The Labute approximate surface area is 128 Å². The monoisotopic (exact) mass is 302 g/mol. The Morgan fingerprint density at radius 3 is 2.14 bits per heavy atom. The van der Waals surface area contributed by atoms with Gasteiger partial charge in [-0.1, -0.05) is 17.7 Å². The molecule has 5 nitrogen and oxygen atoms in total. The molecular weight excluding hydrogens is 284 g/mol. The van der Waals surface area contributed by atoms with Crippen molar-refractivity contribution in [1.82, 2.24) is 0 Å². The number of rotatable bonds is 5. The maximum atomic E-state index is 11.6. The number of hydrogen-bond acceptors (Lipinski definition) is 3. The van der Waals surface area contributed by atoms with Crippen LogP contribution in [0, 0.1) is 20.8 Å². The fourth-order valence-electron chi connectivity index (χ4n) is 2.70. The van der Waals surface area contributed by atoms with Crippen LogP contribution in [0.5, 0.6) is 0 Å². The van der Waals surface area contributed by atoms with Crippen LogP contribution in [0.15, 0.2) is 28.7 Å². The van der Waals surface area contributed by atoms with Crippen LogP contribution in [0.2, 0.25) is 0 Å². The molecule has 5 heteroatoms. The summed E-state index contributed by atoms with van der Waals surface area (Å²) in [6.07, 6.45) is 0.264. The molecule has 1 atom stereocenters. The first-order chi connectivity index (χ1) is 10.3. The van der Waals surface area contributed by atoms with Crippen molar-refractivity contribution >= 4 is 11.9 Å². The van der Waals surface area contributed by atoms with Gasteiger partial charge in [0.25, 0.3) is 0 Å². The second-order valence-electron chi connectivity index (χ2n) is 5.48. The highest BCUT2D eigenvalue weighted by molar-refractivity contribution is 5.84. The van der Waals surface area contributed by atoms with Gasteiger partial charge in [-0.25, -0.2) is 4.79 Å². The van der Waals surface area contributed by atoms with E-state index in [1.54, 1.807) is 0 Å². The minimum Gasteiger partial charge on any atom is -0.481 e. The number of aromatic carboxylic acids is 1. The second kappa shape index (κ2) is 6.05. The number of hydrogen-bond donors (Lipinski definition) is 2. The van der Waals surface area contributed by atoms with Gasteiger partial charge in [0.05, 0.1) is 0 Å². The largest absolute Gasteiger partial charge is 0.481 e. The van der Waals surface area contributed by atoms with Crippen LogP contribution in [0.1, 0.15) is 44.5 Å². The molecule has 0 fully saturated rings. The summed E-state index contributed by atoms with van der Waals surface area (Å²) in [5.74, 6) is -3.25. The van der Waals surface area contributed by atoms with Gasteiger partial charge in [-0.15, -0.1) is 0 Å². The molecule has 0 amide bonds. The zero-order valence-electron chi connectivity index (χ0n) is 12.7. The Hall–Kier alpha value is -2.56. The molecule has 2 rings (SSSR count). The van der Waals surface area contributed by atoms with Crippen LogP contribution in [0.25, 0.3) is 0 Å². The summed E-state index contributed by atoms with van der Waals surface area (Å²) in [6, 6.07) is 6.71. The summed E-state index contributed by atoms with van der Waals surface area (Å²) in [5.41, 5.74) is 4.12. The van der Waals surface area contributed by atoms with Crippen LogP contribution in [-0.2, 0) is 11.2 Å². The summed E-state index contributed by atoms with van der Waals surface area (Å²) in [5, 5.41) is 18.4. The number of aliphatic carboxylic acids is 1. The van der Waals surface area contributed by atoms with Gasteiger partial charge in [0.1, 0.15) is 11.7 Å². The number of aryl methyl sites for hydroxylation is 3. The van der Waals surface area contributed by atoms with Crippen molar-refractivity contribution in [2.45, 2.75) is 33.1 Å². The van der Waals surface area contributed by atoms with E-state index in [1.807, 2.05) is 32.9 Å². The number of carboxylic acid groups (broad SMARTS) is 2. The fourth-order valence-corrected chi connectivity index (χ4v) is 2.70. The molecule has 1 aromatic heterocycles. The van der Waals surface area contributed by atoms with E-state index < -0.39 is 17.9 Å². The van der Waals surface area contributed by atoms with E-state index in [9.17, 15) is 14.7 Å². The molecule has 2 aromatic rings. The number of carboxylic acids is 2. The third-order valence-corrected chi connectivity index (χ3v) is 3.73. The molecule has 0 aliphatic carbocycles. The molecule has 0 spiro atoms. The minimum atomic E-state index is -1.21. The van der Waals surface area contributed by atoms with Crippen LogP contribution in [0.3, 0.4) is 0 Å². The molecule has 1 heterocycles. The van der Waals surface area contributed by atoms with Crippen molar-refractivity contribution in [2.24, 2.45) is 0 Å². The third-order valence-electron chi connectivity index (χ3n) is 3.73. The van der Waals surface area contributed by atoms with Crippen molar-refractivity contribution in [3.05, 3.63) is 58.0 Å². The number of furan rings is 1. The highest BCUT2D eigenvalue weighted by atomic mass is 16.4. The molecule has 116 valence electrons. The van der Waals surface area contributed by atoms with Gasteiger partial charge in [0, 0.05) is 0 Å².